The molecular weight excluding hydrogens is 272 g/mol. The lowest BCUT2D eigenvalue weighted by atomic mass is 9.78. The minimum Gasteiger partial charge on any atom is -0.325 e. The molecule has 1 saturated carbocycles. The summed E-state index contributed by atoms with van der Waals surface area (Å²) in [7, 11) is 0. The predicted octanol–water partition coefficient (Wildman–Crippen LogP) is 3.90. The van der Waals surface area contributed by atoms with Crippen LogP contribution in [0.1, 0.15) is 49.7 Å². The lowest BCUT2D eigenvalue weighted by Crippen LogP contribution is -2.49. The summed E-state index contributed by atoms with van der Waals surface area (Å²) in [6, 6.07) is 6.87. The van der Waals surface area contributed by atoms with Gasteiger partial charge in [0, 0.05) is 11.7 Å². The molecule has 1 aromatic rings. The quantitative estimate of drug-likeness (QED) is 0.918. The van der Waals surface area contributed by atoms with Gasteiger partial charge >= 0.3 is 0 Å². The second-order valence-electron chi connectivity index (χ2n) is 7.15. The Hall–Kier alpha value is -1.35. The topological polar surface area (TPSA) is 32.3 Å². The fourth-order valence-electron chi connectivity index (χ4n) is 4.36. The van der Waals surface area contributed by atoms with Crippen LogP contribution in [0.25, 0.3) is 0 Å². The number of amides is 1. The number of nitrogens with one attached hydrogen (secondary N) is 1. The molecule has 1 aliphatic heterocycles. The van der Waals surface area contributed by atoms with E-state index >= 15 is 0 Å². The zero-order chi connectivity index (χ0) is 15.5. The highest BCUT2D eigenvalue weighted by Gasteiger charge is 2.33. The first kappa shape index (κ1) is 15.5. The minimum absolute atomic E-state index is 0.135. The number of carbonyl (C=O) groups excluding carboxylic acids is 1. The van der Waals surface area contributed by atoms with Crippen LogP contribution in [0, 0.1) is 19.8 Å². The van der Waals surface area contributed by atoms with Gasteiger partial charge in [-0.1, -0.05) is 18.9 Å². The first-order valence-electron chi connectivity index (χ1n) is 8.74. The van der Waals surface area contributed by atoms with E-state index in [2.05, 4.69) is 30.1 Å². The smallest absolute Gasteiger partial charge is 0.238 e. The standard InChI is InChI=1S/C19H28N2O/c1-14-10-15(2)12-17(11-14)20-19(22)13-21-9-5-7-16-6-3-4-8-18(16)21/h10-12,16,18H,3-9,13H2,1-2H3,(H,20,22)/t16-,18-/m0/s1. The molecule has 0 aromatic heterocycles. The lowest BCUT2D eigenvalue weighted by molar-refractivity contribution is -0.118. The molecule has 0 radical (unpaired) electrons. The van der Waals surface area contributed by atoms with Crippen LogP contribution < -0.4 is 5.32 Å². The number of benzene rings is 1. The summed E-state index contributed by atoms with van der Waals surface area (Å²) in [6.45, 7) is 5.77. The number of hydrogen-bond acceptors (Lipinski definition) is 2. The van der Waals surface area contributed by atoms with E-state index < -0.39 is 0 Å². The highest BCUT2D eigenvalue weighted by atomic mass is 16.2. The zero-order valence-corrected chi connectivity index (χ0v) is 13.9. The van der Waals surface area contributed by atoms with Crippen LogP contribution in [0.5, 0.6) is 0 Å². The molecule has 0 unspecified atom stereocenters. The van der Waals surface area contributed by atoms with E-state index in [0.717, 1.165) is 18.2 Å². The summed E-state index contributed by atoms with van der Waals surface area (Å²) in [5.74, 6) is 0.965. The zero-order valence-electron chi connectivity index (χ0n) is 13.9. The summed E-state index contributed by atoms with van der Waals surface area (Å²) in [4.78, 5) is 14.9. The summed E-state index contributed by atoms with van der Waals surface area (Å²) < 4.78 is 0. The second kappa shape index (κ2) is 6.82. The highest BCUT2D eigenvalue weighted by Crippen LogP contribution is 2.35. The van der Waals surface area contributed by atoms with Crippen molar-refractivity contribution in [3.63, 3.8) is 0 Å². The number of rotatable bonds is 3. The van der Waals surface area contributed by atoms with Crippen molar-refractivity contribution in [2.75, 3.05) is 18.4 Å². The van der Waals surface area contributed by atoms with Crippen LogP contribution in [0.4, 0.5) is 5.69 Å². The molecule has 3 rings (SSSR count). The van der Waals surface area contributed by atoms with Crippen molar-refractivity contribution in [2.24, 2.45) is 5.92 Å². The fraction of sp³-hybridized carbons (Fsp3) is 0.632. The molecule has 3 nitrogen and oxygen atoms in total. The van der Waals surface area contributed by atoms with E-state index in [1.54, 1.807) is 0 Å². The first-order chi connectivity index (χ1) is 10.6. The number of aryl methyl sites for hydroxylation is 2. The Kier molecular flexibility index (Phi) is 4.82. The van der Waals surface area contributed by atoms with E-state index in [9.17, 15) is 4.79 Å². The maximum Gasteiger partial charge on any atom is 0.238 e. The van der Waals surface area contributed by atoms with Gasteiger partial charge in [0.2, 0.25) is 5.91 Å². The molecule has 1 saturated heterocycles. The molecule has 0 spiro atoms. The van der Waals surface area contributed by atoms with E-state index in [4.69, 9.17) is 0 Å². The van der Waals surface area contributed by atoms with Gasteiger partial charge in [-0.25, -0.2) is 0 Å². The van der Waals surface area contributed by atoms with Gasteiger partial charge in [-0.15, -0.1) is 0 Å². The summed E-state index contributed by atoms with van der Waals surface area (Å²) in [5.41, 5.74) is 3.32. The van der Waals surface area contributed by atoms with Gasteiger partial charge in [0.25, 0.3) is 0 Å². The SMILES string of the molecule is Cc1cc(C)cc(NC(=O)CN2CCC[C@@H]3CCCC[C@@H]32)c1. The fourth-order valence-corrected chi connectivity index (χ4v) is 4.36. The Morgan fingerprint density at radius 2 is 1.77 bits per heavy atom. The Morgan fingerprint density at radius 3 is 2.55 bits per heavy atom. The maximum atomic E-state index is 12.4. The van der Waals surface area contributed by atoms with Gasteiger partial charge < -0.3 is 5.32 Å². The number of piperidine rings is 1. The molecule has 1 amide bonds. The van der Waals surface area contributed by atoms with E-state index in [-0.39, 0.29) is 5.91 Å². The van der Waals surface area contributed by atoms with Gasteiger partial charge in [0.05, 0.1) is 6.54 Å². The van der Waals surface area contributed by atoms with Gasteiger partial charge in [-0.3, -0.25) is 9.69 Å². The molecule has 1 aliphatic carbocycles. The van der Waals surface area contributed by atoms with E-state index in [0.29, 0.717) is 12.6 Å². The Morgan fingerprint density at radius 1 is 1.09 bits per heavy atom. The van der Waals surface area contributed by atoms with Gasteiger partial charge in [-0.2, -0.15) is 0 Å². The average Bonchev–Trinajstić information content (AvgIpc) is 2.46. The second-order valence-corrected chi connectivity index (χ2v) is 7.15. The van der Waals surface area contributed by atoms with Crippen molar-refractivity contribution in [1.29, 1.82) is 0 Å². The molecule has 120 valence electrons. The molecule has 1 heterocycles. The number of anilines is 1. The van der Waals surface area contributed by atoms with Gasteiger partial charge in [0.1, 0.15) is 0 Å². The van der Waals surface area contributed by atoms with Crippen LogP contribution in [-0.4, -0.2) is 29.9 Å². The van der Waals surface area contributed by atoms with Crippen LogP contribution in [0.3, 0.4) is 0 Å². The molecule has 2 aliphatic rings. The molecule has 2 atom stereocenters. The predicted molar refractivity (Wildman–Crippen MR) is 91.1 cm³/mol. The Labute approximate surface area is 134 Å². The highest BCUT2D eigenvalue weighted by molar-refractivity contribution is 5.92. The molecule has 3 heteroatoms. The van der Waals surface area contributed by atoms with Crippen molar-refractivity contribution in [3.8, 4) is 0 Å². The summed E-state index contributed by atoms with van der Waals surface area (Å²) in [5, 5.41) is 3.09. The van der Waals surface area contributed by atoms with Crippen molar-refractivity contribution >= 4 is 11.6 Å². The molecule has 22 heavy (non-hydrogen) atoms. The Bertz CT molecular complexity index is 518. The van der Waals surface area contributed by atoms with Crippen LogP contribution >= 0.6 is 0 Å². The normalized spacial score (nSPS) is 25.5. The van der Waals surface area contributed by atoms with Crippen LogP contribution in [0.2, 0.25) is 0 Å². The molecule has 2 fully saturated rings. The van der Waals surface area contributed by atoms with Crippen molar-refractivity contribution in [1.82, 2.24) is 4.90 Å². The van der Waals surface area contributed by atoms with Crippen molar-refractivity contribution < 1.29 is 4.79 Å². The van der Waals surface area contributed by atoms with Gasteiger partial charge in [0.15, 0.2) is 0 Å². The number of fused-ring (bicyclic) bond motifs is 1. The average molecular weight is 300 g/mol. The third-order valence-electron chi connectivity index (χ3n) is 5.21. The third kappa shape index (κ3) is 3.70. The monoisotopic (exact) mass is 300 g/mol. The van der Waals surface area contributed by atoms with E-state index in [1.165, 1.54) is 49.7 Å². The molecule has 1 N–H and O–H groups in total. The number of nitrogens with zero attached hydrogens (tertiary/aromatic N) is 1. The van der Waals surface area contributed by atoms with Gasteiger partial charge in [-0.05, 0) is 75.3 Å². The Balaban J connectivity index is 1.60. The summed E-state index contributed by atoms with van der Waals surface area (Å²) in [6.07, 6.45) is 7.96. The molecule has 0 bridgehead atoms. The maximum absolute atomic E-state index is 12.4. The van der Waals surface area contributed by atoms with Crippen LogP contribution in [0.15, 0.2) is 18.2 Å². The lowest BCUT2D eigenvalue weighted by Gasteiger charge is -2.43. The minimum atomic E-state index is 0.135. The first-order valence-corrected chi connectivity index (χ1v) is 8.74. The number of carbonyl (C=O) groups is 1. The van der Waals surface area contributed by atoms with E-state index in [1.807, 2.05) is 12.1 Å². The summed E-state index contributed by atoms with van der Waals surface area (Å²) >= 11 is 0. The van der Waals surface area contributed by atoms with Crippen LogP contribution in [-0.2, 0) is 4.79 Å². The van der Waals surface area contributed by atoms with Crippen molar-refractivity contribution in [2.45, 2.75) is 58.4 Å². The third-order valence-corrected chi connectivity index (χ3v) is 5.21. The largest absolute Gasteiger partial charge is 0.325 e. The molecule has 1 aromatic carbocycles. The molecular formula is C19H28N2O. The number of hydrogen-bond donors (Lipinski definition) is 1. The number of likely N-dealkylation sites (tertiary alicyclic amines) is 1. The van der Waals surface area contributed by atoms with Crippen molar-refractivity contribution in [3.05, 3.63) is 29.3 Å².